The highest BCUT2D eigenvalue weighted by molar-refractivity contribution is 14.1. The lowest BCUT2D eigenvalue weighted by Gasteiger charge is -2.13. The Morgan fingerprint density at radius 2 is 1.79 bits per heavy atom. The number of rotatable bonds is 2. The first kappa shape index (κ1) is 14.0. The van der Waals surface area contributed by atoms with E-state index in [0.717, 1.165) is 6.07 Å². The topological polar surface area (TPSA) is 22.1 Å². The van der Waals surface area contributed by atoms with Crippen molar-refractivity contribution in [2.24, 2.45) is 0 Å². The van der Waals surface area contributed by atoms with Gasteiger partial charge in [-0.1, -0.05) is 18.2 Å². The highest BCUT2D eigenvalue weighted by atomic mass is 127. The standard InChI is InChI=1S/C12H6F4INO/c13-11-9(5-7(17)6-18-11)8-3-1-2-4-10(8)19-12(14,15)16/h1-6H. The maximum Gasteiger partial charge on any atom is 0.573 e. The largest absolute Gasteiger partial charge is 0.573 e. The van der Waals surface area contributed by atoms with E-state index in [4.69, 9.17) is 0 Å². The molecule has 2 aromatic rings. The van der Waals surface area contributed by atoms with Gasteiger partial charge < -0.3 is 4.74 Å². The molecule has 0 unspecified atom stereocenters. The van der Waals surface area contributed by atoms with Crippen LogP contribution in [0.15, 0.2) is 36.5 Å². The average Bonchev–Trinajstić information content (AvgIpc) is 2.31. The molecule has 0 aliphatic heterocycles. The van der Waals surface area contributed by atoms with Crippen LogP contribution in [0.2, 0.25) is 0 Å². The SMILES string of the molecule is Fc1ncc(I)cc1-c1ccccc1OC(F)(F)F. The van der Waals surface area contributed by atoms with Crippen LogP contribution in [0, 0.1) is 9.52 Å². The van der Waals surface area contributed by atoms with Crippen molar-refractivity contribution in [2.75, 3.05) is 0 Å². The van der Waals surface area contributed by atoms with Gasteiger partial charge in [0.25, 0.3) is 0 Å². The second-order valence-electron chi connectivity index (χ2n) is 3.54. The molecule has 1 aromatic heterocycles. The molecule has 0 N–H and O–H groups in total. The summed E-state index contributed by atoms with van der Waals surface area (Å²) >= 11 is 1.90. The van der Waals surface area contributed by atoms with Crippen molar-refractivity contribution in [3.05, 3.63) is 46.0 Å². The van der Waals surface area contributed by atoms with Crippen LogP contribution in [0.1, 0.15) is 0 Å². The van der Waals surface area contributed by atoms with Gasteiger partial charge in [0.1, 0.15) is 5.75 Å². The number of halogens is 5. The fraction of sp³-hybridized carbons (Fsp3) is 0.0833. The number of alkyl halides is 3. The maximum atomic E-state index is 13.6. The molecular weight excluding hydrogens is 377 g/mol. The molecule has 1 heterocycles. The Kier molecular flexibility index (Phi) is 3.93. The van der Waals surface area contributed by atoms with E-state index >= 15 is 0 Å². The third-order valence-corrected chi connectivity index (χ3v) is 2.80. The van der Waals surface area contributed by atoms with Crippen LogP contribution in [0.5, 0.6) is 5.75 Å². The summed E-state index contributed by atoms with van der Waals surface area (Å²) in [5.41, 5.74) is -0.0323. The van der Waals surface area contributed by atoms with Gasteiger partial charge in [-0.05, 0) is 34.7 Å². The molecule has 0 aliphatic carbocycles. The lowest BCUT2D eigenvalue weighted by atomic mass is 10.1. The monoisotopic (exact) mass is 383 g/mol. The Labute approximate surface area is 119 Å². The number of pyridine rings is 1. The van der Waals surface area contributed by atoms with Gasteiger partial charge in [0.05, 0.1) is 0 Å². The van der Waals surface area contributed by atoms with E-state index in [9.17, 15) is 17.6 Å². The van der Waals surface area contributed by atoms with E-state index < -0.39 is 18.1 Å². The number of nitrogens with zero attached hydrogens (tertiary/aromatic N) is 1. The Morgan fingerprint density at radius 1 is 1.11 bits per heavy atom. The predicted octanol–water partition coefficient (Wildman–Crippen LogP) is 4.39. The van der Waals surface area contributed by atoms with Gasteiger partial charge in [-0.25, -0.2) is 4.98 Å². The Hall–Kier alpha value is -1.38. The summed E-state index contributed by atoms with van der Waals surface area (Å²) < 4.78 is 55.0. The van der Waals surface area contributed by atoms with E-state index in [-0.39, 0.29) is 11.1 Å². The number of ether oxygens (including phenoxy) is 1. The summed E-state index contributed by atoms with van der Waals surface area (Å²) in [6.07, 6.45) is -3.55. The van der Waals surface area contributed by atoms with Crippen LogP contribution in [0.25, 0.3) is 11.1 Å². The van der Waals surface area contributed by atoms with E-state index in [1.807, 2.05) is 22.6 Å². The fourth-order valence-corrected chi connectivity index (χ4v) is 1.96. The minimum absolute atomic E-state index is 0.00309. The average molecular weight is 383 g/mol. The van der Waals surface area contributed by atoms with Crippen LogP contribution in [0.4, 0.5) is 17.6 Å². The number of aromatic nitrogens is 1. The molecule has 0 aliphatic rings. The van der Waals surface area contributed by atoms with Crippen molar-refractivity contribution in [1.29, 1.82) is 0 Å². The van der Waals surface area contributed by atoms with Crippen molar-refractivity contribution in [3.63, 3.8) is 0 Å². The first-order chi connectivity index (χ1) is 8.87. The zero-order valence-corrected chi connectivity index (χ0v) is 11.4. The summed E-state index contributed by atoms with van der Waals surface area (Å²) in [6.45, 7) is 0. The Morgan fingerprint density at radius 3 is 2.47 bits per heavy atom. The van der Waals surface area contributed by atoms with E-state index in [2.05, 4.69) is 9.72 Å². The van der Waals surface area contributed by atoms with Crippen LogP contribution in [-0.2, 0) is 0 Å². The lowest BCUT2D eigenvalue weighted by molar-refractivity contribution is -0.274. The zero-order valence-electron chi connectivity index (χ0n) is 9.21. The molecule has 0 atom stereocenters. The van der Waals surface area contributed by atoms with Gasteiger partial charge in [-0.15, -0.1) is 13.2 Å². The number of benzene rings is 1. The second-order valence-corrected chi connectivity index (χ2v) is 4.78. The molecule has 19 heavy (non-hydrogen) atoms. The summed E-state index contributed by atoms with van der Waals surface area (Å²) in [6, 6.07) is 6.75. The smallest absolute Gasteiger partial charge is 0.405 e. The third-order valence-electron chi connectivity index (χ3n) is 2.21. The van der Waals surface area contributed by atoms with Crippen molar-refractivity contribution >= 4 is 22.6 Å². The molecule has 2 rings (SSSR count). The Bertz CT molecular complexity index is 601. The zero-order chi connectivity index (χ0) is 14.0. The van der Waals surface area contributed by atoms with Crippen LogP contribution in [0.3, 0.4) is 0 Å². The molecule has 100 valence electrons. The highest BCUT2D eigenvalue weighted by Crippen LogP contribution is 2.34. The minimum Gasteiger partial charge on any atom is -0.405 e. The summed E-state index contributed by atoms with van der Waals surface area (Å²) in [5.74, 6) is -1.31. The molecule has 0 amide bonds. The van der Waals surface area contributed by atoms with Crippen molar-refractivity contribution in [3.8, 4) is 16.9 Å². The minimum atomic E-state index is -4.83. The number of para-hydroxylation sites is 1. The summed E-state index contributed by atoms with van der Waals surface area (Å²) in [5, 5.41) is 0. The summed E-state index contributed by atoms with van der Waals surface area (Å²) in [7, 11) is 0. The van der Waals surface area contributed by atoms with Crippen molar-refractivity contribution in [2.45, 2.75) is 6.36 Å². The van der Waals surface area contributed by atoms with Crippen LogP contribution in [-0.4, -0.2) is 11.3 Å². The van der Waals surface area contributed by atoms with Crippen LogP contribution >= 0.6 is 22.6 Å². The lowest BCUT2D eigenvalue weighted by Crippen LogP contribution is -2.17. The molecular formula is C12H6F4INO. The van der Waals surface area contributed by atoms with Gasteiger partial charge in [-0.2, -0.15) is 4.39 Å². The van der Waals surface area contributed by atoms with Crippen molar-refractivity contribution < 1.29 is 22.3 Å². The van der Waals surface area contributed by atoms with Gasteiger partial charge in [0.2, 0.25) is 5.95 Å². The molecule has 7 heteroatoms. The van der Waals surface area contributed by atoms with E-state index in [0.29, 0.717) is 3.57 Å². The van der Waals surface area contributed by atoms with Crippen LogP contribution < -0.4 is 4.74 Å². The van der Waals surface area contributed by atoms with Gasteiger partial charge in [0, 0.05) is 20.9 Å². The van der Waals surface area contributed by atoms with Crippen molar-refractivity contribution in [1.82, 2.24) is 4.98 Å². The summed E-state index contributed by atoms with van der Waals surface area (Å²) in [4.78, 5) is 3.48. The second kappa shape index (κ2) is 5.32. The molecule has 1 aromatic carbocycles. The van der Waals surface area contributed by atoms with E-state index in [1.54, 1.807) is 0 Å². The molecule has 0 radical (unpaired) electrons. The highest BCUT2D eigenvalue weighted by Gasteiger charge is 2.32. The van der Waals surface area contributed by atoms with Gasteiger partial charge in [-0.3, -0.25) is 0 Å². The van der Waals surface area contributed by atoms with Gasteiger partial charge >= 0.3 is 6.36 Å². The molecule has 0 spiro atoms. The maximum absolute atomic E-state index is 13.6. The fourth-order valence-electron chi connectivity index (χ4n) is 1.51. The molecule has 0 saturated carbocycles. The first-order valence-corrected chi connectivity index (χ1v) is 6.11. The molecule has 2 nitrogen and oxygen atoms in total. The molecule has 0 bridgehead atoms. The predicted molar refractivity (Wildman–Crippen MR) is 69.0 cm³/mol. The van der Waals surface area contributed by atoms with E-state index in [1.165, 1.54) is 30.5 Å². The normalized spacial score (nSPS) is 11.4. The molecule has 0 saturated heterocycles. The molecule has 0 fully saturated rings. The van der Waals surface area contributed by atoms with Gasteiger partial charge in [0.15, 0.2) is 0 Å². The Balaban J connectivity index is 2.53. The third kappa shape index (κ3) is 3.55. The number of hydrogen-bond acceptors (Lipinski definition) is 2. The first-order valence-electron chi connectivity index (χ1n) is 5.03. The quantitative estimate of drug-likeness (QED) is 0.436. The number of hydrogen-bond donors (Lipinski definition) is 0.